The first kappa shape index (κ1) is 11.6. The van der Waals surface area contributed by atoms with E-state index in [0.717, 1.165) is 6.92 Å². The molecule has 0 atom stereocenters. The summed E-state index contributed by atoms with van der Waals surface area (Å²) in [4.78, 5) is 0. The molecule has 0 aliphatic carbocycles. The van der Waals surface area contributed by atoms with Crippen molar-refractivity contribution in [1.29, 1.82) is 0 Å². The molecule has 3 nitrogen and oxygen atoms in total. The molecule has 0 bridgehead atoms. The second-order valence-corrected chi connectivity index (χ2v) is 4.02. The Morgan fingerprint density at radius 1 is 1.35 bits per heavy atom. The minimum absolute atomic E-state index is 0.234. The molecule has 17 heavy (non-hydrogen) atoms. The molecule has 1 aromatic carbocycles. The number of hydrogen-bond acceptors (Lipinski definition) is 3. The Balaban J connectivity index is 2.41. The molecular weight excluding hydrogens is 226 g/mol. The minimum Gasteiger partial charge on any atom is -0.381 e. The molecule has 1 aromatic heterocycles. The third-order valence-electron chi connectivity index (χ3n) is 2.31. The molecule has 0 aliphatic rings. The van der Waals surface area contributed by atoms with Crippen LogP contribution in [0.1, 0.15) is 12.5 Å². The number of alkyl halides is 2. The fraction of sp³-hybridized carbons (Fsp3) is 0.250. The van der Waals surface area contributed by atoms with Crippen molar-refractivity contribution in [2.45, 2.75) is 19.3 Å². The Labute approximate surface area is 97.2 Å². The largest absolute Gasteiger partial charge is 0.381 e. The summed E-state index contributed by atoms with van der Waals surface area (Å²) in [6, 6.07) is 8.34. The molecule has 0 saturated heterocycles. The number of halogens is 2. The zero-order valence-electron chi connectivity index (χ0n) is 9.28. The quantitative estimate of drug-likeness (QED) is 0.893. The molecule has 90 valence electrons. The van der Waals surface area contributed by atoms with Gasteiger partial charge in [0.15, 0.2) is 11.6 Å². The highest BCUT2D eigenvalue weighted by atomic mass is 19.3. The second-order valence-electron chi connectivity index (χ2n) is 4.02. The summed E-state index contributed by atoms with van der Waals surface area (Å²) in [6.45, 7) is 0.887. The topological polar surface area (TPSA) is 52.0 Å². The Bertz CT molecular complexity index is 517. The van der Waals surface area contributed by atoms with E-state index in [-0.39, 0.29) is 12.2 Å². The Kier molecular flexibility index (Phi) is 2.83. The van der Waals surface area contributed by atoms with Crippen molar-refractivity contribution in [1.82, 2.24) is 5.16 Å². The summed E-state index contributed by atoms with van der Waals surface area (Å²) in [5.41, 5.74) is 6.55. The smallest absolute Gasteiger partial charge is 0.249 e. The lowest BCUT2D eigenvalue weighted by Crippen LogP contribution is -2.14. The van der Waals surface area contributed by atoms with Crippen LogP contribution in [0.2, 0.25) is 0 Å². The van der Waals surface area contributed by atoms with E-state index in [1.807, 2.05) is 0 Å². The van der Waals surface area contributed by atoms with Gasteiger partial charge in [-0.3, -0.25) is 0 Å². The van der Waals surface area contributed by atoms with Crippen LogP contribution < -0.4 is 5.73 Å². The highest BCUT2D eigenvalue weighted by Crippen LogP contribution is 2.29. The third-order valence-corrected chi connectivity index (χ3v) is 2.31. The minimum atomic E-state index is -2.76. The van der Waals surface area contributed by atoms with Crippen molar-refractivity contribution >= 4 is 5.82 Å². The summed E-state index contributed by atoms with van der Waals surface area (Å²) in [5, 5.41) is 3.55. The van der Waals surface area contributed by atoms with Gasteiger partial charge in [-0.2, -0.15) is 0 Å². The average molecular weight is 238 g/mol. The SMILES string of the molecule is CC(F)(F)Cc1ccccc1-c1cc(N)no1. The number of aromatic nitrogens is 1. The third kappa shape index (κ3) is 2.81. The molecule has 1 heterocycles. The van der Waals surface area contributed by atoms with Gasteiger partial charge in [0.2, 0.25) is 5.92 Å². The summed E-state index contributed by atoms with van der Waals surface area (Å²) >= 11 is 0. The molecule has 2 N–H and O–H groups in total. The van der Waals surface area contributed by atoms with Crippen molar-refractivity contribution in [3.8, 4) is 11.3 Å². The van der Waals surface area contributed by atoms with E-state index in [1.165, 1.54) is 6.07 Å². The summed E-state index contributed by atoms with van der Waals surface area (Å²) in [7, 11) is 0. The average Bonchev–Trinajstić information content (AvgIpc) is 2.63. The van der Waals surface area contributed by atoms with E-state index in [0.29, 0.717) is 16.9 Å². The fourth-order valence-electron chi connectivity index (χ4n) is 1.67. The van der Waals surface area contributed by atoms with Crippen molar-refractivity contribution in [3.63, 3.8) is 0 Å². The normalized spacial score (nSPS) is 11.7. The van der Waals surface area contributed by atoms with Crippen LogP contribution in [0.15, 0.2) is 34.9 Å². The predicted octanol–water partition coefficient (Wildman–Crippen LogP) is 3.12. The van der Waals surface area contributed by atoms with Gasteiger partial charge in [0.05, 0.1) is 0 Å². The molecule has 5 heteroatoms. The number of nitrogen functional groups attached to an aromatic ring is 1. The van der Waals surface area contributed by atoms with E-state index in [9.17, 15) is 8.78 Å². The van der Waals surface area contributed by atoms with Crippen LogP contribution in [-0.2, 0) is 6.42 Å². The van der Waals surface area contributed by atoms with Crippen LogP contribution in [0.5, 0.6) is 0 Å². The van der Waals surface area contributed by atoms with Crippen LogP contribution in [0.4, 0.5) is 14.6 Å². The molecule has 2 rings (SSSR count). The molecular formula is C12H12F2N2O. The van der Waals surface area contributed by atoms with Gasteiger partial charge in [0.25, 0.3) is 0 Å². The molecule has 2 aromatic rings. The molecule has 0 amide bonds. The number of nitrogens with zero attached hydrogens (tertiary/aromatic N) is 1. The van der Waals surface area contributed by atoms with Crippen LogP contribution in [0.25, 0.3) is 11.3 Å². The van der Waals surface area contributed by atoms with Gasteiger partial charge in [-0.05, 0) is 12.5 Å². The second kappa shape index (κ2) is 4.16. The zero-order chi connectivity index (χ0) is 12.5. The van der Waals surface area contributed by atoms with Crippen LogP contribution in [0.3, 0.4) is 0 Å². The number of nitrogens with two attached hydrogens (primary N) is 1. The van der Waals surface area contributed by atoms with E-state index in [4.69, 9.17) is 10.3 Å². The first-order valence-electron chi connectivity index (χ1n) is 5.14. The van der Waals surface area contributed by atoms with Gasteiger partial charge in [-0.25, -0.2) is 8.78 Å². The van der Waals surface area contributed by atoms with Gasteiger partial charge < -0.3 is 10.3 Å². The summed E-state index contributed by atoms with van der Waals surface area (Å²) in [5.74, 6) is -2.12. The maximum atomic E-state index is 13.0. The molecule has 0 aliphatic heterocycles. The zero-order valence-corrected chi connectivity index (χ0v) is 9.28. The Morgan fingerprint density at radius 2 is 2.06 bits per heavy atom. The van der Waals surface area contributed by atoms with Gasteiger partial charge in [0.1, 0.15) is 0 Å². The van der Waals surface area contributed by atoms with E-state index in [2.05, 4.69) is 5.16 Å². The number of benzene rings is 1. The lowest BCUT2D eigenvalue weighted by atomic mass is 10.00. The van der Waals surface area contributed by atoms with Crippen molar-refractivity contribution < 1.29 is 13.3 Å². The maximum absolute atomic E-state index is 13.0. The molecule has 0 spiro atoms. The molecule has 0 saturated carbocycles. The van der Waals surface area contributed by atoms with Crippen LogP contribution in [0, 0.1) is 0 Å². The standard InChI is InChI=1S/C12H12F2N2O/c1-12(13,14)7-8-4-2-3-5-9(8)10-6-11(15)16-17-10/h2-6H,7H2,1H3,(H2,15,16). The fourth-order valence-corrected chi connectivity index (χ4v) is 1.67. The maximum Gasteiger partial charge on any atom is 0.249 e. The van der Waals surface area contributed by atoms with Crippen molar-refractivity contribution in [3.05, 3.63) is 35.9 Å². The number of rotatable bonds is 3. The predicted molar refractivity (Wildman–Crippen MR) is 60.7 cm³/mol. The van der Waals surface area contributed by atoms with Crippen LogP contribution in [-0.4, -0.2) is 11.1 Å². The van der Waals surface area contributed by atoms with Crippen molar-refractivity contribution in [2.24, 2.45) is 0 Å². The van der Waals surface area contributed by atoms with Crippen molar-refractivity contribution in [2.75, 3.05) is 5.73 Å². The number of anilines is 1. The van der Waals surface area contributed by atoms with E-state index >= 15 is 0 Å². The highest BCUT2D eigenvalue weighted by molar-refractivity contribution is 5.64. The van der Waals surface area contributed by atoms with Crippen LogP contribution >= 0.6 is 0 Å². The monoisotopic (exact) mass is 238 g/mol. The van der Waals surface area contributed by atoms with E-state index in [1.54, 1.807) is 24.3 Å². The summed E-state index contributed by atoms with van der Waals surface area (Å²) in [6.07, 6.45) is -0.343. The first-order valence-corrected chi connectivity index (χ1v) is 5.14. The molecule has 0 radical (unpaired) electrons. The van der Waals surface area contributed by atoms with E-state index < -0.39 is 5.92 Å². The Hall–Kier alpha value is -1.91. The number of hydrogen-bond donors (Lipinski definition) is 1. The van der Waals surface area contributed by atoms with Gasteiger partial charge in [0, 0.05) is 18.1 Å². The summed E-state index contributed by atoms with van der Waals surface area (Å²) < 4.78 is 31.1. The highest BCUT2D eigenvalue weighted by Gasteiger charge is 2.24. The lowest BCUT2D eigenvalue weighted by Gasteiger charge is -2.12. The molecule has 0 unspecified atom stereocenters. The van der Waals surface area contributed by atoms with Gasteiger partial charge >= 0.3 is 0 Å². The molecule has 0 fully saturated rings. The first-order chi connectivity index (χ1) is 7.96. The lowest BCUT2D eigenvalue weighted by molar-refractivity contribution is 0.0227. The Morgan fingerprint density at radius 3 is 2.65 bits per heavy atom. The van der Waals surface area contributed by atoms with Gasteiger partial charge in [-0.15, -0.1) is 0 Å². The van der Waals surface area contributed by atoms with Gasteiger partial charge in [-0.1, -0.05) is 29.4 Å².